The first-order valence-electron chi connectivity index (χ1n) is 6.84. The number of alkyl halides is 3. The molecule has 0 aliphatic heterocycles. The van der Waals surface area contributed by atoms with E-state index < -0.39 is 12.7 Å². The third-order valence-corrected chi connectivity index (χ3v) is 4.01. The molecule has 1 fully saturated rings. The number of nitrogens with zero attached hydrogens (tertiary/aromatic N) is 2. The predicted molar refractivity (Wildman–Crippen MR) is 75.1 cm³/mol. The quantitative estimate of drug-likeness (QED) is 0.836. The molecule has 20 heavy (non-hydrogen) atoms. The van der Waals surface area contributed by atoms with Gasteiger partial charge in [-0.05, 0) is 25.3 Å². The summed E-state index contributed by atoms with van der Waals surface area (Å²) in [6.07, 6.45) is -0.837. The van der Waals surface area contributed by atoms with Gasteiger partial charge in [0, 0.05) is 23.7 Å². The fourth-order valence-corrected chi connectivity index (χ4v) is 2.88. The van der Waals surface area contributed by atoms with Crippen LogP contribution >= 0.6 is 11.3 Å². The number of aromatic nitrogens is 1. The van der Waals surface area contributed by atoms with Gasteiger partial charge in [-0.3, -0.25) is 0 Å². The van der Waals surface area contributed by atoms with E-state index in [2.05, 4.69) is 24.1 Å². The normalized spacial score (nSPS) is 15.9. The second kappa shape index (κ2) is 6.30. The highest BCUT2D eigenvalue weighted by molar-refractivity contribution is 7.15. The molecule has 3 nitrogen and oxygen atoms in total. The molecule has 1 aromatic rings. The van der Waals surface area contributed by atoms with Crippen molar-refractivity contribution in [3.8, 4) is 0 Å². The van der Waals surface area contributed by atoms with E-state index in [9.17, 15) is 13.2 Å². The van der Waals surface area contributed by atoms with Gasteiger partial charge in [0.2, 0.25) is 0 Å². The second-order valence-electron chi connectivity index (χ2n) is 5.61. The fourth-order valence-electron chi connectivity index (χ4n) is 1.93. The van der Waals surface area contributed by atoms with Crippen molar-refractivity contribution in [1.29, 1.82) is 0 Å². The number of halogens is 3. The molecule has 1 N–H and O–H groups in total. The Morgan fingerprint density at radius 2 is 2.15 bits per heavy atom. The molecule has 1 aliphatic rings. The highest BCUT2D eigenvalue weighted by Crippen LogP contribution is 2.36. The van der Waals surface area contributed by atoms with E-state index in [4.69, 9.17) is 0 Å². The van der Waals surface area contributed by atoms with Crippen LogP contribution in [0.25, 0.3) is 0 Å². The second-order valence-corrected chi connectivity index (χ2v) is 6.70. The lowest BCUT2D eigenvalue weighted by atomic mass is 10.2. The molecule has 0 radical (unpaired) electrons. The van der Waals surface area contributed by atoms with Gasteiger partial charge in [0.15, 0.2) is 5.13 Å². The third-order valence-electron chi connectivity index (χ3n) is 2.98. The predicted octanol–water partition coefficient (Wildman–Crippen LogP) is 3.42. The van der Waals surface area contributed by atoms with Gasteiger partial charge in [0.1, 0.15) is 6.54 Å². The molecular weight excluding hydrogens is 287 g/mol. The molecule has 2 rings (SSSR count). The van der Waals surface area contributed by atoms with E-state index in [1.54, 1.807) is 6.20 Å². The van der Waals surface area contributed by atoms with Gasteiger partial charge in [0.05, 0.1) is 0 Å². The Hall–Kier alpha value is -0.820. The first-order chi connectivity index (χ1) is 9.35. The number of rotatable bonds is 7. The van der Waals surface area contributed by atoms with Crippen LogP contribution in [0.1, 0.15) is 31.6 Å². The molecular formula is C13H20F3N3S. The van der Waals surface area contributed by atoms with Gasteiger partial charge in [-0.15, -0.1) is 11.3 Å². The summed E-state index contributed by atoms with van der Waals surface area (Å²) in [4.78, 5) is 6.54. The molecule has 1 saturated carbocycles. The van der Waals surface area contributed by atoms with Crippen LogP contribution in [0.4, 0.5) is 18.3 Å². The summed E-state index contributed by atoms with van der Waals surface area (Å²) in [6, 6.07) is 0.0132. The average Bonchev–Trinajstić information content (AvgIpc) is 3.05. The molecule has 1 aromatic heterocycles. The molecule has 0 unspecified atom stereocenters. The van der Waals surface area contributed by atoms with E-state index in [1.807, 2.05) is 0 Å². The van der Waals surface area contributed by atoms with Gasteiger partial charge in [-0.2, -0.15) is 13.2 Å². The lowest BCUT2D eigenvalue weighted by molar-refractivity contribution is -0.120. The van der Waals surface area contributed by atoms with E-state index in [0.717, 1.165) is 24.3 Å². The van der Waals surface area contributed by atoms with Crippen molar-refractivity contribution in [3.63, 3.8) is 0 Å². The molecule has 0 atom stereocenters. The van der Waals surface area contributed by atoms with Crippen LogP contribution in [0.5, 0.6) is 0 Å². The lowest BCUT2D eigenvalue weighted by Crippen LogP contribution is -2.35. The van der Waals surface area contributed by atoms with E-state index in [-0.39, 0.29) is 6.04 Å². The van der Waals surface area contributed by atoms with Gasteiger partial charge < -0.3 is 10.2 Å². The van der Waals surface area contributed by atoms with Gasteiger partial charge in [0.25, 0.3) is 0 Å². The Labute approximate surface area is 121 Å². The SMILES string of the molecule is CC(C)CNCc1cnc(N(CC(F)(F)F)C2CC2)s1. The molecule has 0 spiro atoms. The zero-order valence-corrected chi connectivity index (χ0v) is 12.5. The number of nitrogens with one attached hydrogen (secondary N) is 1. The van der Waals surface area contributed by atoms with Gasteiger partial charge in [-0.25, -0.2) is 4.98 Å². The molecule has 1 aliphatic carbocycles. The summed E-state index contributed by atoms with van der Waals surface area (Å²) in [7, 11) is 0. The first-order valence-corrected chi connectivity index (χ1v) is 7.65. The summed E-state index contributed by atoms with van der Waals surface area (Å²) in [6.45, 7) is 4.89. The van der Waals surface area contributed by atoms with E-state index >= 15 is 0 Å². The molecule has 7 heteroatoms. The van der Waals surface area contributed by atoms with Crippen LogP contribution in [0.15, 0.2) is 6.20 Å². The summed E-state index contributed by atoms with van der Waals surface area (Å²) in [5, 5.41) is 3.77. The van der Waals surface area contributed by atoms with Crippen LogP contribution in [-0.2, 0) is 6.54 Å². The van der Waals surface area contributed by atoms with Crippen molar-refractivity contribution >= 4 is 16.5 Å². The maximum atomic E-state index is 12.6. The van der Waals surface area contributed by atoms with Crippen molar-refractivity contribution in [3.05, 3.63) is 11.1 Å². The summed E-state index contributed by atoms with van der Waals surface area (Å²) >= 11 is 1.35. The van der Waals surface area contributed by atoms with Gasteiger partial charge >= 0.3 is 6.18 Å². The number of hydrogen-bond acceptors (Lipinski definition) is 4. The summed E-state index contributed by atoms with van der Waals surface area (Å²) in [5.74, 6) is 0.551. The molecule has 0 saturated heterocycles. The molecule has 114 valence electrons. The van der Waals surface area contributed by atoms with E-state index in [1.165, 1.54) is 16.2 Å². The van der Waals surface area contributed by atoms with Crippen LogP contribution in [0, 0.1) is 5.92 Å². The monoisotopic (exact) mass is 307 g/mol. The maximum absolute atomic E-state index is 12.6. The van der Waals surface area contributed by atoms with E-state index in [0.29, 0.717) is 17.6 Å². The Morgan fingerprint density at radius 1 is 1.45 bits per heavy atom. The summed E-state index contributed by atoms with van der Waals surface area (Å²) in [5.41, 5.74) is 0. The third kappa shape index (κ3) is 4.94. The highest BCUT2D eigenvalue weighted by Gasteiger charge is 2.39. The minimum atomic E-state index is -4.18. The average molecular weight is 307 g/mol. The van der Waals surface area contributed by atoms with Crippen LogP contribution in [0.2, 0.25) is 0 Å². The van der Waals surface area contributed by atoms with Crippen molar-refractivity contribution in [2.75, 3.05) is 18.0 Å². The highest BCUT2D eigenvalue weighted by atomic mass is 32.1. The van der Waals surface area contributed by atoms with Crippen LogP contribution in [0.3, 0.4) is 0 Å². The molecule has 1 heterocycles. The minimum Gasteiger partial charge on any atom is -0.336 e. The number of anilines is 1. The van der Waals surface area contributed by atoms with Gasteiger partial charge in [-0.1, -0.05) is 13.8 Å². The van der Waals surface area contributed by atoms with Crippen LogP contribution < -0.4 is 10.2 Å². The van der Waals surface area contributed by atoms with Crippen LogP contribution in [-0.4, -0.2) is 30.3 Å². The topological polar surface area (TPSA) is 28.2 Å². The van der Waals surface area contributed by atoms with Crippen molar-refractivity contribution in [2.45, 2.75) is 45.5 Å². The van der Waals surface area contributed by atoms with Crippen molar-refractivity contribution in [1.82, 2.24) is 10.3 Å². The first kappa shape index (κ1) is 15.6. The number of hydrogen-bond donors (Lipinski definition) is 1. The Bertz CT molecular complexity index is 427. The Balaban J connectivity index is 1.94. The molecule has 0 aromatic carbocycles. The fraction of sp³-hybridized carbons (Fsp3) is 0.769. The van der Waals surface area contributed by atoms with Crippen molar-refractivity contribution < 1.29 is 13.2 Å². The summed E-state index contributed by atoms with van der Waals surface area (Å²) < 4.78 is 37.8. The minimum absolute atomic E-state index is 0.0132. The number of thiazole rings is 1. The standard InChI is InChI=1S/C13H20F3N3S/c1-9(2)5-17-6-11-7-18-12(20-11)19(10-3-4-10)8-13(14,15)16/h7,9-10,17H,3-6,8H2,1-2H3. The maximum Gasteiger partial charge on any atom is 0.406 e. The Morgan fingerprint density at radius 3 is 2.70 bits per heavy atom. The lowest BCUT2D eigenvalue weighted by Gasteiger charge is -2.22. The molecule has 0 bridgehead atoms. The van der Waals surface area contributed by atoms with Crippen molar-refractivity contribution in [2.24, 2.45) is 5.92 Å². The zero-order chi connectivity index (χ0) is 14.8. The molecule has 0 amide bonds. The largest absolute Gasteiger partial charge is 0.406 e. The zero-order valence-electron chi connectivity index (χ0n) is 11.7. The Kier molecular flexibility index (Phi) is 4.90. The smallest absolute Gasteiger partial charge is 0.336 e.